The summed E-state index contributed by atoms with van der Waals surface area (Å²) >= 11 is 3.29. The Balaban J connectivity index is 2.17. The van der Waals surface area contributed by atoms with E-state index in [4.69, 9.17) is 4.74 Å². The van der Waals surface area contributed by atoms with Gasteiger partial charge in [0, 0.05) is 6.42 Å². The molecular formula is C9H9BrN2O2. The van der Waals surface area contributed by atoms with Gasteiger partial charge in [-0.2, -0.15) is 0 Å². The molecule has 0 aromatic carbocycles. The van der Waals surface area contributed by atoms with Gasteiger partial charge in [0.15, 0.2) is 0 Å². The van der Waals surface area contributed by atoms with Gasteiger partial charge in [-0.25, -0.2) is 9.78 Å². The lowest BCUT2D eigenvalue weighted by atomic mass is 10.1. The molecule has 0 aliphatic carbocycles. The summed E-state index contributed by atoms with van der Waals surface area (Å²) in [4.78, 5) is 15.2. The number of pyridine rings is 1. The van der Waals surface area contributed by atoms with E-state index in [1.54, 1.807) is 0 Å². The van der Waals surface area contributed by atoms with Crippen molar-refractivity contribution in [3.63, 3.8) is 0 Å². The molecule has 74 valence electrons. The third kappa shape index (κ3) is 2.04. The van der Waals surface area contributed by atoms with Gasteiger partial charge in [0.05, 0.1) is 18.3 Å². The predicted molar refractivity (Wildman–Crippen MR) is 53.8 cm³/mol. The number of carbonyl (C=O) groups is 1. The van der Waals surface area contributed by atoms with E-state index in [1.807, 2.05) is 18.2 Å². The van der Waals surface area contributed by atoms with Crippen molar-refractivity contribution in [3.05, 3.63) is 28.5 Å². The van der Waals surface area contributed by atoms with Gasteiger partial charge < -0.3 is 10.1 Å². The number of alkyl carbamates (subject to hydrolysis) is 1. The standard InChI is InChI=1S/C9H9BrN2O2/c10-8-3-1-2-6(11-8)7-4-5-14-9(13)12-7/h1-3,7H,4-5H2,(H,12,13)/t7-/m1/s1. The molecule has 1 fully saturated rings. The van der Waals surface area contributed by atoms with Gasteiger partial charge in [0.1, 0.15) is 4.60 Å². The molecule has 4 nitrogen and oxygen atoms in total. The molecule has 0 bridgehead atoms. The lowest BCUT2D eigenvalue weighted by Gasteiger charge is -2.22. The molecular weight excluding hydrogens is 248 g/mol. The number of rotatable bonds is 1. The third-order valence-corrected chi connectivity index (χ3v) is 2.47. The van der Waals surface area contributed by atoms with E-state index >= 15 is 0 Å². The molecule has 1 saturated heterocycles. The minimum atomic E-state index is -0.372. The maximum atomic E-state index is 11.0. The van der Waals surface area contributed by atoms with Crippen LogP contribution in [0.5, 0.6) is 0 Å². The summed E-state index contributed by atoms with van der Waals surface area (Å²) in [6.45, 7) is 0.449. The molecule has 0 unspecified atom stereocenters. The molecule has 0 saturated carbocycles. The number of hydrogen-bond acceptors (Lipinski definition) is 3. The van der Waals surface area contributed by atoms with Crippen molar-refractivity contribution >= 4 is 22.0 Å². The van der Waals surface area contributed by atoms with Gasteiger partial charge in [0.25, 0.3) is 0 Å². The molecule has 1 N–H and O–H groups in total. The van der Waals surface area contributed by atoms with Gasteiger partial charge >= 0.3 is 6.09 Å². The predicted octanol–water partition coefficient (Wildman–Crippen LogP) is 2.02. The van der Waals surface area contributed by atoms with Gasteiger partial charge in [0.2, 0.25) is 0 Å². The van der Waals surface area contributed by atoms with Gasteiger partial charge in [-0.05, 0) is 28.1 Å². The smallest absolute Gasteiger partial charge is 0.407 e. The summed E-state index contributed by atoms with van der Waals surface area (Å²) in [7, 11) is 0. The highest BCUT2D eigenvalue weighted by Gasteiger charge is 2.21. The first-order chi connectivity index (χ1) is 6.75. The lowest BCUT2D eigenvalue weighted by Crippen LogP contribution is -2.35. The average molecular weight is 257 g/mol. The fraction of sp³-hybridized carbons (Fsp3) is 0.333. The molecule has 14 heavy (non-hydrogen) atoms. The first kappa shape index (κ1) is 9.45. The topological polar surface area (TPSA) is 51.2 Å². The number of halogens is 1. The first-order valence-corrected chi connectivity index (χ1v) is 5.11. The van der Waals surface area contributed by atoms with Crippen LogP contribution in [-0.4, -0.2) is 17.7 Å². The van der Waals surface area contributed by atoms with Crippen molar-refractivity contribution in [3.8, 4) is 0 Å². The molecule has 1 amide bonds. The minimum Gasteiger partial charge on any atom is -0.449 e. The van der Waals surface area contributed by atoms with E-state index in [1.165, 1.54) is 0 Å². The Morgan fingerprint density at radius 2 is 2.43 bits per heavy atom. The van der Waals surface area contributed by atoms with Crippen LogP contribution in [0, 0.1) is 0 Å². The number of nitrogens with one attached hydrogen (secondary N) is 1. The van der Waals surface area contributed by atoms with Crippen LogP contribution < -0.4 is 5.32 Å². The Kier molecular flexibility index (Phi) is 2.67. The maximum absolute atomic E-state index is 11.0. The van der Waals surface area contributed by atoms with Crippen LogP contribution in [0.2, 0.25) is 0 Å². The van der Waals surface area contributed by atoms with Crippen LogP contribution in [-0.2, 0) is 4.74 Å². The number of nitrogens with zero attached hydrogens (tertiary/aromatic N) is 1. The second-order valence-electron chi connectivity index (χ2n) is 3.01. The van der Waals surface area contributed by atoms with Gasteiger partial charge in [-0.1, -0.05) is 6.07 Å². The zero-order valence-corrected chi connectivity index (χ0v) is 8.95. The van der Waals surface area contributed by atoms with Crippen LogP contribution >= 0.6 is 15.9 Å². The lowest BCUT2D eigenvalue weighted by molar-refractivity contribution is 0.115. The summed E-state index contributed by atoms with van der Waals surface area (Å²) < 4.78 is 5.54. The maximum Gasteiger partial charge on any atom is 0.407 e. The normalized spacial score (nSPS) is 21.2. The molecule has 1 aromatic heterocycles. The molecule has 2 rings (SSSR count). The van der Waals surface area contributed by atoms with E-state index in [9.17, 15) is 4.79 Å². The number of aromatic nitrogens is 1. The molecule has 1 aliphatic rings. The number of carbonyl (C=O) groups excluding carboxylic acids is 1. The SMILES string of the molecule is O=C1N[C@@H](c2cccc(Br)n2)CCO1. The summed E-state index contributed by atoms with van der Waals surface area (Å²) in [6, 6.07) is 5.61. The van der Waals surface area contributed by atoms with Gasteiger partial charge in [-0.15, -0.1) is 0 Å². The summed E-state index contributed by atoms with van der Waals surface area (Å²) in [5, 5.41) is 2.72. The monoisotopic (exact) mass is 256 g/mol. The molecule has 1 atom stereocenters. The fourth-order valence-electron chi connectivity index (χ4n) is 1.37. The number of ether oxygens (including phenoxy) is 1. The second kappa shape index (κ2) is 3.96. The zero-order valence-electron chi connectivity index (χ0n) is 7.37. The Labute approximate surface area is 89.8 Å². The highest BCUT2D eigenvalue weighted by molar-refractivity contribution is 9.10. The van der Waals surface area contributed by atoms with E-state index in [-0.39, 0.29) is 12.1 Å². The Hall–Kier alpha value is -1.10. The molecule has 1 aliphatic heterocycles. The fourth-order valence-corrected chi connectivity index (χ4v) is 1.72. The Morgan fingerprint density at radius 3 is 3.14 bits per heavy atom. The van der Waals surface area contributed by atoms with Crippen molar-refractivity contribution in [2.75, 3.05) is 6.61 Å². The highest BCUT2D eigenvalue weighted by atomic mass is 79.9. The van der Waals surface area contributed by atoms with Crippen LogP contribution in [0.4, 0.5) is 4.79 Å². The van der Waals surface area contributed by atoms with E-state index in [0.29, 0.717) is 6.61 Å². The van der Waals surface area contributed by atoms with Crippen LogP contribution in [0.3, 0.4) is 0 Å². The van der Waals surface area contributed by atoms with E-state index < -0.39 is 0 Å². The van der Waals surface area contributed by atoms with Crippen LogP contribution in [0.1, 0.15) is 18.2 Å². The second-order valence-corrected chi connectivity index (χ2v) is 3.82. The number of amides is 1. The highest BCUT2D eigenvalue weighted by Crippen LogP contribution is 2.19. The Bertz CT molecular complexity index is 356. The van der Waals surface area contributed by atoms with Gasteiger partial charge in [-0.3, -0.25) is 0 Å². The molecule has 1 aromatic rings. The Morgan fingerprint density at radius 1 is 1.57 bits per heavy atom. The summed E-state index contributed by atoms with van der Waals surface area (Å²) in [6.07, 6.45) is 0.387. The van der Waals surface area contributed by atoms with Crippen LogP contribution in [0.15, 0.2) is 22.8 Å². The molecule has 0 radical (unpaired) electrons. The van der Waals surface area contributed by atoms with Crippen molar-refractivity contribution in [1.29, 1.82) is 0 Å². The minimum absolute atomic E-state index is 0.0336. The van der Waals surface area contributed by atoms with Crippen molar-refractivity contribution < 1.29 is 9.53 Å². The van der Waals surface area contributed by atoms with E-state index in [2.05, 4.69) is 26.2 Å². The molecule has 0 spiro atoms. The zero-order chi connectivity index (χ0) is 9.97. The number of hydrogen-bond donors (Lipinski definition) is 1. The number of cyclic esters (lactones) is 1. The van der Waals surface area contributed by atoms with Crippen molar-refractivity contribution in [1.82, 2.24) is 10.3 Å². The molecule has 5 heteroatoms. The van der Waals surface area contributed by atoms with Crippen molar-refractivity contribution in [2.45, 2.75) is 12.5 Å². The summed E-state index contributed by atoms with van der Waals surface area (Å²) in [5.41, 5.74) is 0.857. The summed E-state index contributed by atoms with van der Waals surface area (Å²) in [5.74, 6) is 0. The third-order valence-electron chi connectivity index (χ3n) is 2.03. The molecule has 2 heterocycles. The quantitative estimate of drug-likeness (QED) is 0.783. The first-order valence-electron chi connectivity index (χ1n) is 4.31. The average Bonchev–Trinajstić information content (AvgIpc) is 2.18. The largest absolute Gasteiger partial charge is 0.449 e. The van der Waals surface area contributed by atoms with Crippen LogP contribution in [0.25, 0.3) is 0 Å². The van der Waals surface area contributed by atoms with E-state index in [0.717, 1.165) is 16.7 Å². The van der Waals surface area contributed by atoms with Crippen molar-refractivity contribution in [2.24, 2.45) is 0 Å².